The fourth-order valence-electron chi connectivity index (χ4n) is 3.32. The Bertz CT molecular complexity index is 1210. The van der Waals surface area contributed by atoms with Gasteiger partial charge in [0.15, 0.2) is 5.82 Å². The van der Waals surface area contributed by atoms with Crippen LogP contribution >= 0.6 is 11.6 Å². The monoisotopic (exact) mass is 494 g/mol. The van der Waals surface area contributed by atoms with Gasteiger partial charge in [0.25, 0.3) is 5.91 Å². The number of aromatic nitrogens is 2. The number of Topliss-reactive ketones (excluding diaryl/α,β-unsaturated/α-hetero) is 1. The molecule has 8 nitrogen and oxygen atoms in total. The van der Waals surface area contributed by atoms with E-state index in [-0.39, 0.29) is 24.4 Å². The van der Waals surface area contributed by atoms with Gasteiger partial charge in [-0.15, -0.1) is 0 Å². The minimum Gasteiger partial charge on any atom is -0.489 e. The van der Waals surface area contributed by atoms with Crippen LogP contribution < -0.4 is 9.64 Å². The van der Waals surface area contributed by atoms with E-state index in [1.54, 1.807) is 62.6 Å². The van der Waals surface area contributed by atoms with Crippen LogP contribution in [0.4, 0.5) is 5.69 Å². The molecule has 0 saturated carbocycles. The van der Waals surface area contributed by atoms with Gasteiger partial charge in [0.05, 0.1) is 24.1 Å². The molecular formula is C26H27ClN4O4. The van der Waals surface area contributed by atoms with Crippen LogP contribution in [0.5, 0.6) is 5.75 Å². The van der Waals surface area contributed by atoms with Crippen molar-refractivity contribution < 1.29 is 19.1 Å². The van der Waals surface area contributed by atoms with Crippen molar-refractivity contribution in [2.45, 2.75) is 32.9 Å². The lowest BCUT2D eigenvalue weighted by Gasteiger charge is -2.24. The van der Waals surface area contributed by atoms with Gasteiger partial charge in [-0.25, -0.2) is 9.97 Å². The molecule has 35 heavy (non-hydrogen) atoms. The third-order valence-corrected chi connectivity index (χ3v) is 5.23. The van der Waals surface area contributed by atoms with Crippen molar-refractivity contribution in [2.75, 3.05) is 19.0 Å². The van der Waals surface area contributed by atoms with Crippen molar-refractivity contribution in [3.8, 4) is 5.75 Å². The third kappa shape index (κ3) is 6.86. The van der Waals surface area contributed by atoms with Gasteiger partial charge < -0.3 is 14.5 Å². The van der Waals surface area contributed by atoms with Gasteiger partial charge in [-0.2, -0.15) is 0 Å². The average molecular weight is 495 g/mol. The van der Waals surface area contributed by atoms with Crippen LogP contribution in [0.15, 0.2) is 60.9 Å². The number of amides is 2. The fourth-order valence-corrected chi connectivity index (χ4v) is 3.57. The van der Waals surface area contributed by atoms with E-state index < -0.39 is 18.1 Å². The highest BCUT2D eigenvalue weighted by molar-refractivity contribution is 6.32. The fraction of sp³-hybridized carbons (Fsp3) is 0.269. The van der Waals surface area contributed by atoms with Crippen molar-refractivity contribution in [2.24, 2.45) is 0 Å². The van der Waals surface area contributed by atoms with Gasteiger partial charge >= 0.3 is 0 Å². The molecule has 3 rings (SSSR count). The molecule has 0 spiro atoms. The van der Waals surface area contributed by atoms with Crippen LogP contribution in [0, 0.1) is 0 Å². The molecule has 0 N–H and O–H groups in total. The summed E-state index contributed by atoms with van der Waals surface area (Å²) in [4.78, 5) is 49.3. The lowest BCUT2D eigenvalue weighted by molar-refractivity contribution is -0.117. The largest absolute Gasteiger partial charge is 0.489 e. The average Bonchev–Trinajstić information content (AvgIpc) is 2.83. The van der Waals surface area contributed by atoms with E-state index in [2.05, 4.69) is 9.97 Å². The molecule has 0 atom stereocenters. The Morgan fingerprint density at radius 3 is 2.34 bits per heavy atom. The van der Waals surface area contributed by atoms with E-state index in [1.165, 1.54) is 22.2 Å². The van der Waals surface area contributed by atoms with Gasteiger partial charge in [-0.1, -0.05) is 23.7 Å². The summed E-state index contributed by atoms with van der Waals surface area (Å²) in [6, 6.07) is 13.6. The summed E-state index contributed by atoms with van der Waals surface area (Å²) < 4.78 is 5.69. The first kappa shape index (κ1) is 25.8. The molecule has 2 amide bonds. The zero-order valence-corrected chi connectivity index (χ0v) is 20.8. The van der Waals surface area contributed by atoms with E-state index in [0.717, 1.165) is 5.56 Å². The molecule has 0 aliphatic heterocycles. The molecule has 9 heteroatoms. The predicted molar refractivity (Wildman–Crippen MR) is 134 cm³/mol. The third-order valence-electron chi connectivity index (χ3n) is 4.94. The number of hydrogen-bond acceptors (Lipinski definition) is 6. The molecule has 3 aromatic rings. The Balaban J connectivity index is 1.93. The second kappa shape index (κ2) is 11.6. The van der Waals surface area contributed by atoms with Crippen LogP contribution in [0.1, 0.15) is 46.8 Å². The Morgan fingerprint density at radius 1 is 1.00 bits per heavy atom. The Hall–Kier alpha value is -3.78. The van der Waals surface area contributed by atoms with Crippen LogP contribution in [-0.2, 0) is 11.3 Å². The highest BCUT2D eigenvalue weighted by Gasteiger charge is 2.23. The number of anilines is 1. The molecular weight excluding hydrogens is 468 g/mol. The number of ketones is 1. The number of benzene rings is 2. The Morgan fingerprint density at radius 2 is 1.71 bits per heavy atom. The predicted octanol–water partition coefficient (Wildman–Crippen LogP) is 4.43. The highest BCUT2D eigenvalue weighted by Crippen LogP contribution is 2.28. The maximum atomic E-state index is 13.3. The lowest BCUT2D eigenvalue weighted by atomic mass is 10.1. The first-order valence-corrected chi connectivity index (χ1v) is 11.4. The lowest BCUT2D eigenvalue weighted by Crippen LogP contribution is -2.32. The van der Waals surface area contributed by atoms with Crippen molar-refractivity contribution in [3.63, 3.8) is 0 Å². The van der Waals surface area contributed by atoms with Crippen LogP contribution in [-0.4, -0.2) is 52.7 Å². The maximum Gasteiger partial charge on any atom is 0.253 e. The number of hydrogen-bond donors (Lipinski definition) is 0. The van der Waals surface area contributed by atoms with E-state index in [1.807, 2.05) is 13.8 Å². The number of carbonyl (C=O) groups is 3. The molecule has 1 aromatic heterocycles. The molecule has 0 aliphatic rings. The van der Waals surface area contributed by atoms with Crippen molar-refractivity contribution in [1.29, 1.82) is 0 Å². The Kier molecular flexibility index (Phi) is 8.54. The molecule has 0 saturated heterocycles. The van der Waals surface area contributed by atoms with Gasteiger partial charge in [0.1, 0.15) is 5.75 Å². The standard InChI is InChI=1S/C26H27ClN4O4/c1-17(2)35-23-10-9-18(13-21(23)27)16-31(20-8-5-7-19(14-20)26(34)30(3)4)24(33)15-22(32)25-28-11-6-12-29-25/h5-14,17H,15-16H2,1-4H3. The Labute approximate surface area is 209 Å². The van der Waals surface area contributed by atoms with E-state index in [0.29, 0.717) is 22.0 Å². The highest BCUT2D eigenvalue weighted by atomic mass is 35.5. The summed E-state index contributed by atoms with van der Waals surface area (Å²) >= 11 is 6.40. The maximum absolute atomic E-state index is 13.3. The molecule has 2 aromatic carbocycles. The van der Waals surface area contributed by atoms with Gasteiger partial charge in [-0.05, 0) is 55.8 Å². The minimum absolute atomic E-state index is 0.0319. The molecule has 0 bridgehead atoms. The quantitative estimate of drug-likeness (QED) is 0.323. The summed E-state index contributed by atoms with van der Waals surface area (Å²) in [6.45, 7) is 3.93. The molecule has 0 radical (unpaired) electrons. The SMILES string of the molecule is CC(C)Oc1ccc(CN(C(=O)CC(=O)c2ncccn2)c2cccc(C(=O)N(C)C)c2)cc1Cl. The van der Waals surface area contributed by atoms with Gasteiger partial charge in [-0.3, -0.25) is 14.4 Å². The summed E-state index contributed by atoms with van der Waals surface area (Å²) in [5.41, 5.74) is 1.62. The van der Waals surface area contributed by atoms with E-state index in [4.69, 9.17) is 16.3 Å². The van der Waals surface area contributed by atoms with Crippen LogP contribution in [0.3, 0.4) is 0 Å². The number of ether oxygens (including phenoxy) is 1. The normalized spacial score (nSPS) is 10.7. The molecule has 0 aliphatic carbocycles. The smallest absolute Gasteiger partial charge is 0.253 e. The molecule has 0 fully saturated rings. The number of rotatable bonds is 9. The summed E-state index contributed by atoms with van der Waals surface area (Å²) in [5.74, 6) is -0.657. The van der Waals surface area contributed by atoms with E-state index >= 15 is 0 Å². The topological polar surface area (TPSA) is 92.7 Å². The van der Waals surface area contributed by atoms with Crippen molar-refractivity contribution in [1.82, 2.24) is 14.9 Å². The van der Waals surface area contributed by atoms with Crippen molar-refractivity contribution >= 4 is 34.9 Å². The summed E-state index contributed by atoms with van der Waals surface area (Å²) in [5, 5.41) is 0.411. The molecule has 1 heterocycles. The summed E-state index contributed by atoms with van der Waals surface area (Å²) in [7, 11) is 3.30. The molecule has 0 unspecified atom stereocenters. The minimum atomic E-state index is -0.500. The second-order valence-corrected chi connectivity index (χ2v) is 8.74. The van der Waals surface area contributed by atoms with Gasteiger partial charge in [0.2, 0.25) is 11.7 Å². The van der Waals surface area contributed by atoms with Crippen molar-refractivity contribution in [3.05, 3.63) is 82.9 Å². The zero-order valence-electron chi connectivity index (χ0n) is 20.1. The number of halogens is 1. The first-order valence-electron chi connectivity index (χ1n) is 11.0. The first-order chi connectivity index (χ1) is 16.7. The van der Waals surface area contributed by atoms with Gasteiger partial charge in [0, 0.05) is 37.7 Å². The number of carbonyl (C=O) groups excluding carboxylic acids is 3. The summed E-state index contributed by atoms with van der Waals surface area (Å²) in [6.07, 6.45) is 2.42. The zero-order chi connectivity index (χ0) is 25.5. The van der Waals surface area contributed by atoms with Crippen LogP contribution in [0.25, 0.3) is 0 Å². The van der Waals surface area contributed by atoms with Crippen LogP contribution in [0.2, 0.25) is 5.02 Å². The second-order valence-electron chi connectivity index (χ2n) is 8.33. The molecule has 182 valence electrons. The van der Waals surface area contributed by atoms with E-state index in [9.17, 15) is 14.4 Å². The number of nitrogens with zero attached hydrogens (tertiary/aromatic N) is 4.